The van der Waals surface area contributed by atoms with Gasteiger partial charge in [-0.25, -0.2) is 0 Å². The number of hydrogen-bond acceptors (Lipinski definition) is 1. The van der Waals surface area contributed by atoms with Gasteiger partial charge in [-0.3, -0.25) is 0 Å². The Morgan fingerprint density at radius 2 is 1.68 bits per heavy atom. The van der Waals surface area contributed by atoms with Crippen molar-refractivity contribution in [2.24, 2.45) is 0 Å². The first-order chi connectivity index (χ1) is 9.24. The first-order valence-corrected chi connectivity index (χ1v) is 7.90. The van der Waals surface area contributed by atoms with Gasteiger partial charge in [0.05, 0.1) is 6.04 Å². The molecule has 0 aliphatic rings. The van der Waals surface area contributed by atoms with Crippen LogP contribution in [-0.4, -0.2) is 6.54 Å². The second-order valence-electron chi connectivity index (χ2n) is 4.64. The van der Waals surface area contributed by atoms with Crippen LogP contribution in [0.4, 0.5) is 0 Å². The smallest absolute Gasteiger partial charge is 0.0577 e. The zero-order valence-corrected chi connectivity index (χ0v) is 13.6. The molecule has 0 bridgehead atoms. The third-order valence-corrected chi connectivity index (χ3v) is 3.95. The maximum Gasteiger partial charge on any atom is 0.0577 e. The van der Waals surface area contributed by atoms with Crippen molar-refractivity contribution in [3.05, 3.63) is 68.8 Å². The molecule has 2 aromatic rings. The van der Waals surface area contributed by atoms with E-state index in [-0.39, 0.29) is 6.04 Å². The van der Waals surface area contributed by atoms with Crippen LogP contribution in [-0.2, 0) is 6.42 Å². The predicted octanol–water partition coefficient (Wildman–Crippen LogP) is 4.55. The number of nitrogens with one attached hydrogen (secondary N) is 1. The number of rotatable bonds is 5. The van der Waals surface area contributed by atoms with Crippen molar-refractivity contribution in [3.8, 4) is 0 Å². The fraction of sp³-hybridized carbons (Fsp3) is 0.294. The Balaban J connectivity index is 2.38. The Labute approximate surface area is 129 Å². The van der Waals surface area contributed by atoms with Crippen molar-refractivity contribution in [3.63, 3.8) is 0 Å². The third-order valence-electron chi connectivity index (χ3n) is 3.28. The molecular formula is C17H20IN. The fourth-order valence-electron chi connectivity index (χ4n) is 2.31. The average Bonchev–Trinajstić information content (AvgIpc) is 2.45. The first-order valence-electron chi connectivity index (χ1n) is 6.82. The van der Waals surface area contributed by atoms with Crippen molar-refractivity contribution in [2.75, 3.05) is 6.54 Å². The van der Waals surface area contributed by atoms with Crippen molar-refractivity contribution in [1.82, 2.24) is 5.32 Å². The zero-order valence-electron chi connectivity index (χ0n) is 11.5. The molecule has 0 aliphatic heterocycles. The monoisotopic (exact) mass is 365 g/mol. The van der Waals surface area contributed by atoms with Crippen LogP contribution in [0.5, 0.6) is 0 Å². The number of halogens is 1. The summed E-state index contributed by atoms with van der Waals surface area (Å²) in [6.45, 7) is 5.32. The Morgan fingerprint density at radius 1 is 1.00 bits per heavy atom. The number of hydrogen-bond donors (Lipinski definition) is 1. The van der Waals surface area contributed by atoms with Crippen LogP contribution in [0.1, 0.15) is 36.6 Å². The fourth-order valence-corrected chi connectivity index (χ4v) is 2.88. The largest absolute Gasteiger partial charge is 0.307 e. The van der Waals surface area contributed by atoms with Crippen LogP contribution in [0.15, 0.2) is 48.5 Å². The first kappa shape index (κ1) is 14.5. The highest BCUT2D eigenvalue weighted by Crippen LogP contribution is 2.24. The summed E-state index contributed by atoms with van der Waals surface area (Å²) in [6.07, 6.45) is 1.08. The van der Waals surface area contributed by atoms with Crippen LogP contribution in [0.25, 0.3) is 0 Å². The van der Waals surface area contributed by atoms with E-state index < -0.39 is 0 Å². The molecule has 2 heteroatoms. The topological polar surface area (TPSA) is 12.0 Å². The van der Waals surface area contributed by atoms with Crippen LogP contribution < -0.4 is 5.32 Å². The highest BCUT2D eigenvalue weighted by atomic mass is 127. The van der Waals surface area contributed by atoms with Gasteiger partial charge in [0.25, 0.3) is 0 Å². The standard InChI is InChI=1S/C17H20IN/c1-3-13-7-5-8-14(11-13)17(19-4-2)15-9-6-10-16(18)12-15/h5-12,17,19H,3-4H2,1-2H3. The molecule has 2 rings (SSSR count). The Bertz CT molecular complexity index is 536. The lowest BCUT2D eigenvalue weighted by Gasteiger charge is -2.20. The minimum atomic E-state index is 0.284. The van der Waals surface area contributed by atoms with E-state index >= 15 is 0 Å². The van der Waals surface area contributed by atoms with Gasteiger partial charge in [0.15, 0.2) is 0 Å². The van der Waals surface area contributed by atoms with E-state index in [1.807, 2.05) is 0 Å². The van der Waals surface area contributed by atoms with Crippen molar-refractivity contribution >= 4 is 22.6 Å². The summed E-state index contributed by atoms with van der Waals surface area (Å²) in [5, 5.41) is 3.59. The summed E-state index contributed by atoms with van der Waals surface area (Å²) < 4.78 is 1.28. The minimum Gasteiger partial charge on any atom is -0.307 e. The van der Waals surface area contributed by atoms with Crippen LogP contribution >= 0.6 is 22.6 Å². The van der Waals surface area contributed by atoms with E-state index in [1.165, 1.54) is 20.3 Å². The summed E-state index contributed by atoms with van der Waals surface area (Å²) in [6, 6.07) is 17.9. The zero-order chi connectivity index (χ0) is 13.7. The second-order valence-corrected chi connectivity index (χ2v) is 5.89. The lowest BCUT2D eigenvalue weighted by Crippen LogP contribution is -2.22. The van der Waals surface area contributed by atoms with Gasteiger partial charge >= 0.3 is 0 Å². The molecule has 0 aromatic heterocycles. The van der Waals surface area contributed by atoms with Gasteiger partial charge in [-0.05, 0) is 64.4 Å². The molecule has 19 heavy (non-hydrogen) atoms. The second kappa shape index (κ2) is 7.06. The van der Waals surface area contributed by atoms with Crippen molar-refractivity contribution < 1.29 is 0 Å². The highest BCUT2D eigenvalue weighted by molar-refractivity contribution is 14.1. The van der Waals surface area contributed by atoms with E-state index in [0.717, 1.165) is 13.0 Å². The van der Waals surface area contributed by atoms with Crippen LogP contribution in [0, 0.1) is 3.57 Å². The van der Waals surface area contributed by atoms with Gasteiger partial charge in [0, 0.05) is 3.57 Å². The summed E-state index contributed by atoms with van der Waals surface area (Å²) in [4.78, 5) is 0. The predicted molar refractivity (Wildman–Crippen MR) is 90.5 cm³/mol. The molecule has 0 saturated carbocycles. The van der Waals surface area contributed by atoms with E-state index in [4.69, 9.17) is 0 Å². The molecule has 0 amide bonds. The lowest BCUT2D eigenvalue weighted by atomic mass is 9.96. The summed E-state index contributed by atoms with van der Waals surface area (Å²) in [5.41, 5.74) is 4.08. The molecule has 0 aliphatic carbocycles. The van der Waals surface area contributed by atoms with E-state index in [9.17, 15) is 0 Å². The highest BCUT2D eigenvalue weighted by Gasteiger charge is 2.13. The van der Waals surface area contributed by atoms with Gasteiger partial charge in [-0.2, -0.15) is 0 Å². The summed E-state index contributed by atoms with van der Waals surface area (Å²) in [7, 11) is 0. The van der Waals surface area contributed by atoms with Gasteiger partial charge in [-0.1, -0.05) is 50.2 Å². The van der Waals surface area contributed by atoms with Gasteiger partial charge < -0.3 is 5.32 Å². The van der Waals surface area contributed by atoms with E-state index in [1.54, 1.807) is 0 Å². The molecule has 0 fully saturated rings. The lowest BCUT2D eigenvalue weighted by molar-refractivity contribution is 0.630. The molecule has 1 atom stereocenters. The molecule has 0 saturated heterocycles. The molecule has 1 N–H and O–H groups in total. The normalized spacial score (nSPS) is 12.4. The molecule has 1 nitrogen and oxygen atoms in total. The Kier molecular flexibility index (Phi) is 5.40. The van der Waals surface area contributed by atoms with Gasteiger partial charge in [0.1, 0.15) is 0 Å². The molecule has 1 unspecified atom stereocenters. The van der Waals surface area contributed by atoms with Crippen molar-refractivity contribution in [1.29, 1.82) is 0 Å². The SMILES string of the molecule is CCNC(c1cccc(I)c1)c1cccc(CC)c1. The van der Waals surface area contributed by atoms with E-state index in [0.29, 0.717) is 0 Å². The summed E-state index contributed by atoms with van der Waals surface area (Å²) in [5.74, 6) is 0. The van der Waals surface area contributed by atoms with E-state index in [2.05, 4.69) is 90.3 Å². The van der Waals surface area contributed by atoms with Crippen LogP contribution in [0.3, 0.4) is 0 Å². The Morgan fingerprint density at radius 3 is 2.32 bits per heavy atom. The number of aryl methyl sites for hydroxylation is 1. The molecule has 2 aromatic carbocycles. The maximum absolute atomic E-state index is 3.59. The molecule has 100 valence electrons. The molecule has 0 radical (unpaired) electrons. The maximum atomic E-state index is 3.59. The third kappa shape index (κ3) is 3.80. The Hall–Kier alpha value is -0.870. The molecule has 0 heterocycles. The molecular weight excluding hydrogens is 345 g/mol. The van der Waals surface area contributed by atoms with Crippen molar-refractivity contribution in [2.45, 2.75) is 26.3 Å². The van der Waals surface area contributed by atoms with Gasteiger partial charge in [0.2, 0.25) is 0 Å². The minimum absolute atomic E-state index is 0.284. The number of benzene rings is 2. The quantitative estimate of drug-likeness (QED) is 0.767. The van der Waals surface area contributed by atoms with Crippen LogP contribution in [0.2, 0.25) is 0 Å². The summed E-state index contributed by atoms with van der Waals surface area (Å²) >= 11 is 2.37. The molecule has 0 spiro atoms. The van der Waals surface area contributed by atoms with Gasteiger partial charge in [-0.15, -0.1) is 0 Å². The average molecular weight is 365 g/mol.